The summed E-state index contributed by atoms with van der Waals surface area (Å²) in [6.45, 7) is 2.18. The highest BCUT2D eigenvalue weighted by atomic mass is 19.1. The van der Waals surface area contributed by atoms with Crippen LogP contribution in [0.5, 0.6) is 0 Å². The quantitative estimate of drug-likeness (QED) is 0.873. The van der Waals surface area contributed by atoms with Crippen LogP contribution in [-0.2, 0) is 0 Å². The van der Waals surface area contributed by atoms with Crippen molar-refractivity contribution in [2.24, 2.45) is 5.92 Å². The average Bonchev–Trinajstić information content (AvgIpc) is 2.36. The summed E-state index contributed by atoms with van der Waals surface area (Å²) in [5.74, 6) is -0.793. The van der Waals surface area contributed by atoms with Gasteiger partial charge in [0.05, 0.1) is 0 Å². The molecule has 1 fully saturated rings. The molecule has 0 saturated heterocycles. The zero-order chi connectivity index (χ0) is 14.7. The maximum absolute atomic E-state index is 13.1. The molecule has 3 nitrogen and oxygen atoms in total. The Morgan fingerprint density at radius 3 is 2.50 bits per heavy atom. The molecule has 2 atom stereocenters. The third-order valence-electron chi connectivity index (χ3n) is 3.89. The molecule has 1 aliphatic carbocycles. The van der Waals surface area contributed by atoms with E-state index in [0.717, 1.165) is 37.5 Å². The van der Waals surface area contributed by atoms with Crippen molar-refractivity contribution in [2.45, 2.75) is 38.6 Å². The van der Waals surface area contributed by atoms with Crippen LogP contribution >= 0.6 is 0 Å². The number of benzene rings is 1. The second-order valence-electron chi connectivity index (χ2n) is 5.62. The van der Waals surface area contributed by atoms with E-state index in [0.29, 0.717) is 5.92 Å². The lowest BCUT2D eigenvalue weighted by Crippen LogP contribution is -2.42. The maximum atomic E-state index is 13.1. The Bertz CT molecular complexity index is 473. The third-order valence-corrected chi connectivity index (χ3v) is 3.89. The van der Waals surface area contributed by atoms with Crippen molar-refractivity contribution in [3.8, 4) is 0 Å². The zero-order valence-electron chi connectivity index (χ0n) is 11.8. The third kappa shape index (κ3) is 3.68. The number of carbonyl (C=O) groups excluding carboxylic acids is 1. The molecule has 1 aromatic rings. The van der Waals surface area contributed by atoms with Gasteiger partial charge in [0, 0.05) is 24.8 Å². The highest BCUT2D eigenvalue weighted by Crippen LogP contribution is 2.27. The summed E-state index contributed by atoms with van der Waals surface area (Å²) in [5.41, 5.74) is 0.142. The Labute approximate surface area is 118 Å². The van der Waals surface area contributed by atoms with Gasteiger partial charge < -0.3 is 10.2 Å². The molecular weight excluding hydrogens is 262 g/mol. The molecule has 110 valence electrons. The Balaban J connectivity index is 2.00. The van der Waals surface area contributed by atoms with Crippen LogP contribution in [0.1, 0.15) is 32.6 Å². The first-order valence-corrected chi connectivity index (χ1v) is 6.95. The molecular formula is C15H20F2N2O. The number of urea groups is 1. The van der Waals surface area contributed by atoms with Crippen molar-refractivity contribution in [3.63, 3.8) is 0 Å². The highest BCUT2D eigenvalue weighted by Gasteiger charge is 2.25. The number of nitrogens with one attached hydrogen (secondary N) is 1. The van der Waals surface area contributed by atoms with Gasteiger partial charge in [-0.2, -0.15) is 0 Å². The van der Waals surface area contributed by atoms with Gasteiger partial charge in [0.2, 0.25) is 0 Å². The Morgan fingerprint density at radius 1 is 1.25 bits per heavy atom. The van der Waals surface area contributed by atoms with E-state index in [4.69, 9.17) is 0 Å². The molecule has 1 N–H and O–H groups in total. The normalized spacial score (nSPS) is 22.4. The zero-order valence-corrected chi connectivity index (χ0v) is 11.8. The summed E-state index contributed by atoms with van der Waals surface area (Å²) in [6.07, 6.45) is 4.26. The monoisotopic (exact) mass is 282 g/mol. The van der Waals surface area contributed by atoms with E-state index < -0.39 is 11.6 Å². The van der Waals surface area contributed by atoms with Gasteiger partial charge in [-0.1, -0.05) is 19.8 Å². The summed E-state index contributed by atoms with van der Waals surface area (Å²) in [7, 11) is 1.73. The molecule has 0 aliphatic heterocycles. The predicted molar refractivity (Wildman–Crippen MR) is 74.6 cm³/mol. The van der Waals surface area contributed by atoms with Crippen LogP contribution in [0.25, 0.3) is 0 Å². The highest BCUT2D eigenvalue weighted by molar-refractivity contribution is 5.89. The molecule has 0 heterocycles. The minimum Gasteiger partial charge on any atom is -0.325 e. The lowest BCUT2D eigenvalue weighted by atomic mass is 9.86. The van der Waals surface area contributed by atoms with E-state index in [1.807, 2.05) is 0 Å². The van der Waals surface area contributed by atoms with Crippen LogP contribution < -0.4 is 5.32 Å². The van der Waals surface area contributed by atoms with Gasteiger partial charge >= 0.3 is 6.03 Å². The number of hydrogen-bond donors (Lipinski definition) is 1. The minimum atomic E-state index is -0.700. The summed E-state index contributed by atoms with van der Waals surface area (Å²) in [5, 5.41) is 2.54. The van der Waals surface area contributed by atoms with Gasteiger partial charge in [-0.3, -0.25) is 0 Å². The second kappa shape index (κ2) is 6.20. The standard InChI is InChI=1S/C15H20F2N2O/c1-10-4-3-5-14(6-10)19(2)15(20)18-13-8-11(16)7-12(17)9-13/h7-10,14H,3-6H2,1-2H3,(H,18,20). The summed E-state index contributed by atoms with van der Waals surface area (Å²) in [4.78, 5) is 13.7. The van der Waals surface area contributed by atoms with E-state index in [9.17, 15) is 13.6 Å². The number of rotatable bonds is 2. The minimum absolute atomic E-state index is 0.142. The summed E-state index contributed by atoms with van der Waals surface area (Å²) < 4.78 is 26.2. The molecule has 2 unspecified atom stereocenters. The predicted octanol–water partition coefficient (Wildman–Crippen LogP) is 4.01. The number of anilines is 1. The number of carbonyl (C=O) groups is 1. The van der Waals surface area contributed by atoms with Gasteiger partial charge in [-0.25, -0.2) is 13.6 Å². The molecule has 5 heteroatoms. The van der Waals surface area contributed by atoms with Crippen LogP contribution in [0.3, 0.4) is 0 Å². The van der Waals surface area contributed by atoms with Crippen molar-refractivity contribution in [3.05, 3.63) is 29.8 Å². The smallest absolute Gasteiger partial charge is 0.321 e. The lowest BCUT2D eigenvalue weighted by molar-refractivity contribution is 0.171. The van der Waals surface area contributed by atoms with Crippen LogP contribution in [-0.4, -0.2) is 24.0 Å². The van der Waals surface area contributed by atoms with Crippen LogP contribution in [0.2, 0.25) is 0 Å². The molecule has 2 amide bonds. The van der Waals surface area contributed by atoms with E-state index in [1.165, 1.54) is 6.42 Å². The van der Waals surface area contributed by atoms with Crippen molar-refractivity contribution in [1.29, 1.82) is 0 Å². The second-order valence-corrected chi connectivity index (χ2v) is 5.62. The molecule has 0 spiro atoms. The van der Waals surface area contributed by atoms with Gasteiger partial charge in [0.15, 0.2) is 0 Å². The van der Waals surface area contributed by atoms with Gasteiger partial charge in [-0.05, 0) is 30.9 Å². The number of amides is 2. The lowest BCUT2D eigenvalue weighted by Gasteiger charge is -2.34. The maximum Gasteiger partial charge on any atom is 0.321 e. The first-order chi connectivity index (χ1) is 9.45. The van der Waals surface area contributed by atoms with E-state index in [-0.39, 0.29) is 17.8 Å². The van der Waals surface area contributed by atoms with Crippen LogP contribution in [0.15, 0.2) is 18.2 Å². The summed E-state index contributed by atoms with van der Waals surface area (Å²) in [6, 6.07) is 2.87. The molecule has 1 aliphatic rings. The first kappa shape index (κ1) is 14.8. The van der Waals surface area contributed by atoms with Gasteiger partial charge in [0.1, 0.15) is 11.6 Å². The SMILES string of the molecule is CC1CCCC(N(C)C(=O)Nc2cc(F)cc(F)c2)C1. The van der Waals surface area contributed by atoms with E-state index in [1.54, 1.807) is 11.9 Å². The molecule has 0 radical (unpaired) electrons. The van der Waals surface area contributed by atoms with Gasteiger partial charge in [-0.15, -0.1) is 0 Å². The molecule has 1 aromatic carbocycles. The van der Waals surface area contributed by atoms with E-state index >= 15 is 0 Å². The molecule has 2 rings (SSSR count). The molecule has 0 bridgehead atoms. The fourth-order valence-corrected chi connectivity index (χ4v) is 2.76. The topological polar surface area (TPSA) is 32.3 Å². The largest absolute Gasteiger partial charge is 0.325 e. The van der Waals surface area contributed by atoms with E-state index in [2.05, 4.69) is 12.2 Å². The van der Waals surface area contributed by atoms with Crippen LogP contribution in [0.4, 0.5) is 19.3 Å². The average molecular weight is 282 g/mol. The van der Waals surface area contributed by atoms with Crippen molar-refractivity contribution >= 4 is 11.7 Å². The van der Waals surface area contributed by atoms with Crippen molar-refractivity contribution in [2.75, 3.05) is 12.4 Å². The number of halogens is 2. The molecule has 20 heavy (non-hydrogen) atoms. The van der Waals surface area contributed by atoms with Crippen molar-refractivity contribution in [1.82, 2.24) is 4.90 Å². The Hall–Kier alpha value is -1.65. The Kier molecular flexibility index (Phi) is 4.57. The van der Waals surface area contributed by atoms with Crippen molar-refractivity contribution < 1.29 is 13.6 Å². The Morgan fingerprint density at radius 2 is 1.90 bits per heavy atom. The number of hydrogen-bond acceptors (Lipinski definition) is 1. The van der Waals surface area contributed by atoms with Gasteiger partial charge in [0.25, 0.3) is 0 Å². The molecule has 1 saturated carbocycles. The molecule has 0 aromatic heterocycles. The fraction of sp³-hybridized carbons (Fsp3) is 0.533. The first-order valence-electron chi connectivity index (χ1n) is 6.95. The fourth-order valence-electron chi connectivity index (χ4n) is 2.76. The summed E-state index contributed by atoms with van der Waals surface area (Å²) >= 11 is 0. The van der Waals surface area contributed by atoms with Crippen LogP contribution in [0, 0.1) is 17.6 Å². The number of nitrogens with zero attached hydrogens (tertiary/aromatic N) is 1.